The Kier molecular flexibility index (Phi) is 9.49. The molecule has 0 bridgehead atoms. The lowest BCUT2D eigenvalue weighted by Gasteiger charge is -2.17. The lowest BCUT2D eigenvalue weighted by molar-refractivity contribution is -0.145. The molecule has 2 fully saturated rings. The van der Waals surface area contributed by atoms with E-state index in [1.807, 2.05) is 0 Å². The van der Waals surface area contributed by atoms with Gasteiger partial charge in [0, 0.05) is 12.2 Å². The van der Waals surface area contributed by atoms with E-state index in [4.69, 9.17) is 37.9 Å². The Hall–Kier alpha value is -4.68. The minimum atomic E-state index is -0.693. The van der Waals surface area contributed by atoms with Crippen LogP contribution in [0.15, 0.2) is 73.8 Å². The van der Waals surface area contributed by atoms with Gasteiger partial charge in [0.2, 0.25) is 13.6 Å². The van der Waals surface area contributed by atoms with Gasteiger partial charge in [0.15, 0.2) is 12.2 Å². The average molecular weight is 555 g/mol. The first-order chi connectivity index (χ1) is 19.4. The Morgan fingerprint density at radius 1 is 0.675 bits per heavy atom. The maximum atomic E-state index is 12.7. The quantitative estimate of drug-likeness (QED) is 0.164. The summed E-state index contributed by atoms with van der Waals surface area (Å²) in [4.78, 5) is 47.4. The highest BCUT2D eigenvalue weighted by atomic mass is 16.7. The molecule has 0 spiro atoms. The number of esters is 4. The molecule has 2 unspecified atom stereocenters. The number of hydrogen-bond donors (Lipinski definition) is 0. The van der Waals surface area contributed by atoms with Gasteiger partial charge in [-0.05, 0) is 48.5 Å². The molecule has 40 heavy (non-hydrogen) atoms. The summed E-state index contributed by atoms with van der Waals surface area (Å²) in [5.41, 5.74) is 0.539. The molecule has 0 amide bonds. The van der Waals surface area contributed by atoms with Crippen molar-refractivity contribution >= 4 is 23.9 Å². The summed E-state index contributed by atoms with van der Waals surface area (Å²) in [6, 6.07) is 12.1. The molecule has 2 saturated heterocycles. The van der Waals surface area contributed by atoms with Gasteiger partial charge in [-0.1, -0.05) is 13.2 Å². The Balaban J connectivity index is 1.23. The SMILES string of the molecule is C=CC(=O)OCOc1ccc(C(=O)O[C@H]2COC3C2OC[C@H]3OC(=O)c2ccc(OCOC(=O)C=C)cc2)cc1. The highest BCUT2D eigenvalue weighted by molar-refractivity contribution is 5.90. The van der Waals surface area contributed by atoms with E-state index in [0.29, 0.717) is 11.5 Å². The van der Waals surface area contributed by atoms with Crippen molar-refractivity contribution in [3.05, 3.63) is 85.0 Å². The van der Waals surface area contributed by atoms with E-state index in [1.54, 1.807) is 0 Å². The van der Waals surface area contributed by atoms with E-state index in [1.165, 1.54) is 48.5 Å². The van der Waals surface area contributed by atoms with Crippen molar-refractivity contribution < 1.29 is 57.1 Å². The molecule has 2 aliphatic rings. The second-order valence-electron chi connectivity index (χ2n) is 8.39. The Bertz CT molecular complexity index is 1140. The molecule has 12 heteroatoms. The third-order valence-electron chi connectivity index (χ3n) is 5.85. The van der Waals surface area contributed by atoms with Gasteiger partial charge in [-0.2, -0.15) is 0 Å². The molecule has 0 N–H and O–H groups in total. The number of carbonyl (C=O) groups is 4. The normalized spacial score (nSPS) is 20.9. The molecule has 2 aromatic rings. The Morgan fingerprint density at radius 2 is 1.05 bits per heavy atom. The molecular weight excluding hydrogens is 528 g/mol. The molecule has 0 aliphatic carbocycles. The number of fused-ring (bicyclic) bond motifs is 1. The van der Waals surface area contributed by atoms with Crippen LogP contribution in [0.4, 0.5) is 0 Å². The molecule has 0 aromatic heterocycles. The van der Waals surface area contributed by atoms with Gasteiger partial charge in [-0.15, -0.1) is 0 Å². The zero-order valence-electron chi connectivity index (χ0n) is 21.2. The number of ether oxygens (including phenoxy) is 8. The Labute approximate surface area is 228 Å². The highest BCUT2D eigenvalue weighted by Gasteiger charge is 2.51. The van der Waals surface area contributed by atoms with Crippen LogP contribution in [0.2, 0.25) is 0 Å². The van der Waals surface area contributed by atoms with Crippen LogP contribution in [0.5, 0.6) is 11.5 Å². The van der Waals surface area contributed by atoms with E-state index in [-0.39, 0.29) is 37.9 Å². The van der Waals surface area contributed by atoms with E-state index < -0.39 is 48.3 Å². The zero-order chi connectivity index (χ0) is 28.5. The van der Waals surface area contributed by atoms with Crippen molar-refractivity contribution in [2.75, 3.05) is 26.8 Å². The predicted octanol–water partition coefficient (Wildman–Crippen LogP) is 2.37. The summed E-state index contributed by atoms with van der Waals surface area (Å²) in [7, 11) is 0. The van der Waals surface area contributed by atoms with Gasteiger partial charge < -0.3 is 37.9 Å². The fraction of sp³-hybridized carbons (Fsp3) is 0.286. The molecule has 4 rings (SSSR count). The summed E-state index contributed by atoms with van der Waals surface area (Å²) in [6.45, 7) is 6.13. The maximum Gasteiger partial charge on any atom is 0.338 e. The summed E-state index contributed by atoms with van der Waals surface area (Å²) in [5.74, 6) is -1.64. The molecule has 210 valence electrons. The first-order valence-corrected chi connectivity index (χ1v) is 12.1. The minimum Gasteiger partial charge on any atom is -0.457 e. The summed E-state index contributed by atoms with van der Waals surface area (Å²) in [5, 5.41) is 0. The van der Waals surface area contributed by atoms with Crippen molar-refractivity contribution in [3.8, 4) is 11.5 Å². The van der Waals surface area contributed by atoms with E-state index in [9.17, 15) is 19.2 Å². The summed E-state index contributed by atoms with van der Waals surface area (Å²) < 4.78 is 42.6. The van der Waals surface area contributed by atoms with Crippen LogP contribution >= 0.6 is 0 Å². The van der Waals surface area contributed by atoms with Gasteiger partial charge in [-0.3, -0.25) is 0 Å². The van der Waals surface area contributed by atoms with E-state index >= 15 is 0 Å². The molecule has 2 aliphatic heterocycles. The van der Waals surface area contributed by atoms with Gasteiger partial charge >= 0.3 is 23.9 Å². The van der Waals surface area contributed by atoms with Crippen molar-refractivity contribution in [2.24, 2.45) is 0 Å². The lowest BCUT2D eigenvalue weighted by Crippen LogP contribution is -2.36. The topological polar surface area (TPSA) is 142 Å². The van der Waals surface area contributed by atoms with Crippen molar-refractivity contribution in [1.82, 2.24) is 0 Å². The van der Waals surface area contributed by atoms with Crippen molar-refractivity contribution in [3.63, 3.8) is 0 Å². The van der Waals surface area contributed by atoms with Crippen LogP contribution in [0, 0.1) is 0 Å². The molecule has 4 atom stereocenters. The predicted molar refractivity (Wildman–Crippen MR) is 134 cm³/mol. The second kappa shape index (κ2) is 13.4. The lowest BCUT2D eigenvalue weighted by atomic mass is 10.1. The molecule has 12 nitrogen and oxygen atoms in total. The fourth-order valence-electron chi connectivity index (χ4n) is 3.85. The second-order valence-corrected chi connectivity index (χ2v) is 8.39. The first kappa shape index (κ1) is 28.3. The molecular formula is C28H26O12. The van der Waals surface area contributed by atoms with Gasteiger partial charge in [0.25, 0.3) is 0 Å². The van der Waals surface area contributed by atoms with Crippen LogP contribution in [0.25, 0.3) is 0 Å². The van der Waals surface area contributed by atoms with Crippen molar-refractivity contribution in [1.29, 1.82) is 0 Å². The minimum absolute atomic E-state index is 0.0768. The van der Waals surface area contributed by atoms with Crippen LogP contribution in [0.1, 0.15) is 20.7 Å². The average Bonchev–Trinajstić information content (AvgIpc) is 3.56. The van der Waals surface area contributed by atoms with Gasteiger partial charge in [0.05, 0.1) is 24.3 Å². The number of hydrogen-bond acceptors (Lipinski definition) is 12. The Morgan fingerprint density at radius 3 is 1.40 bits per heavy atom. The monoisotopic (exact) mass is 554 g/mol. The zero-order valence-corrected chi connectivity index (χ0v) is 21.2. The van der Waals surface area contributed by atoms with Crippen LogP contribution in [-0.4, -0.2) is 75.1 Å². The molecule has 0 radical (unpaired) electrons. The van der Waals surface area contributed by atoms with Gasteiger partial charge in [-0.25, -0.2) is 19.2 Å². The third-order valence-corrected chi connectivity index (χ3v) is 5.85. The number of benzene rings is 2. The van der Waals surface area contributed by atoms with Crippen molar-refractivity contribution in [2.45, 2.75) is 24.4 Å². The molecule has 2 aromatic carbocycles. The van der Waals surface area contributed by atoms with Crippen LogP contribution in [-0.2, 0) is 38.0 Å². The smallest absolute Gasteiger partial charge is 0.338 e. The number of carbonyl (C=O) groups excluding carboxylic acids is 4. The largest absolute Gasteiger partial charge is 0.457 e. The fourth-order valence-corrected chi connectivity index (χ4v) is 3.85. The standard InChI is InChI=1S/C28H26O12/c1-3-23(29)37-15-35-19-9-5-17(6-10-19)27(31)39-21-13-33-26-22(14-34-25(21)26)40-28(32)18-7-11-20(12-8-18)36-16-38-24(30)4-2/h3-12,21-22,25-26H,1-2,13-16H2/t21-,22+,25?,26?. The maximum absolute atomic E-state index is 12.7. The molecule has 2 heterocycles. The summed E-state index contributed by atoms with van der Waals surface area (Å²) in [6.07, 6.45) is -0.546. The van der Waals surface area contributed by atoms with Gasteiger partial charge in [0.1, 0.15) is 23.7 Å². The van der Waals surface area contributed by atoms with Crippen LogP contribution in [0.3, 0.4) is 0 Å². The molecule has 0 saturated carbocycles. The summed E-state index contributed by atoms with van der Waals surface area (Å²) >= 11 is 0. The highest BCUT2D eigenvalue weighted by Crippen LogP contribution is 2.31. The van der Waals surface area contributed by atoms with E-state index in [0.717, 1.165) is 12.2 Å². The van der Waals surface area contributed by atoms with Crippen LogP contribution < -0.4 is 9.47 Å². The third kappa shape index (κ3) is 7.24. The van der Waals surface area contributed by atoms with E-state index in [2.05, 4.69) is 13.2 Å². The number of rotatable bonds is 12. The first-order valence-electron chi connectivity index (χ1n) is 12.1.